The average Bonchev–Trinajstić information content (AvgIpc) is 2.61. The third-order valence-corrected chi connectivity index (χ3v) is 3.44. The molecule has 0 bridgehead atoms. The zero-order valence-electron chi connectivity index (χ0n) is 12.4. The molecule has 1 N–H and O–H groups in total. The second-order valence-corrected chi connectivity index (χ2v) is 5.14. The maximum absolute atomic E-state index is 5.74. The Morgan fingerprint density at radius 1 is 0.636 bits per heavy atom. The van der Waals surface area contributed by atoms with Crippen LogP contribution in [0.5, 0.6) is 5.75 Å². The Balaban J connectivity index is 1.52. The lowest BCUT2D eigenvalue weighted by Crippen LogP contribution is -2.00. The molecule has 0 atom stereocenters. The van der Waals surface area contributed by atoms with Crippen molar-refractivity contribution in [2.24, 2.45) is 0 Å². The Kier molecular flexibility index (Phi) is 4.73. The normalized spacial score (nSPS) is 10.2. The molecule has 0 aromatic heterocycles. The van der Waals surface area contributed by atoms with E-state index in [0.29, 0.717) is 6.61 Å². The van der Waals surface area contributed by atoms with E-state index in [0.717, 1.165) is 23.5 Å². The first-order valence-corrected chi connectivity index (χ1v) is 7.45. The van der Waals surface area contributed by atoms with Gasteiger partial charge < -0.3 is 10.1 Å². The van der Waals surface area contributed by atoms with Crippen molar-refractivity contribution in [1.29, 1.82) is 0 Å². The Bertz CT molecular complexity index is 615. The molecular weight excluding hydrogens is 270 g/mol. The van der Waals surface area contributed by atoms with E-state index in [4.69, 9.17) is 4.74 Å². The number of ether oxygens (including phenoxy) is 1. The van der Waals surface area contributed by atoms with Crippen LogP contribution < -0.4 is 10.1 Å². The van der Waals surface area contributed by atoms with Crippen molar-refractivity contribution in [2.45, 2.75) is 13.2 Å². The van der Waals surface area contributed by atoms with E-state index >= 15 is 0 Å². The van der Waals surface area contributed by atoms with Crippen LogP contribution >= 0.6 is 0 Å². The summed E-state index contributed by atoms with van der Waals surface area (Å²) >= 11 is 0. The molecule has 2 nitrogen and oxygen atoms in total. The van der Waals surface area contributed by atoms with Crippen LogP contribution in [0, 0.1) is 0 Å². The Morgan fingerprint density at radius 3 is 1.95 bits per heavy atom. The van der Waals surface area contributed by atoms with Crippen LogP contribution in [-0.2, 0) is 13.2 Å². The van der Waals surface area contributed by atoms with Crippen LogP contribution in [0.2, 0.25) is 0 Å². The minimum atomic E-state index is 0.586. The third kappa shape index (κ3) is 4.13. The minimum absolute atomic E-state index is 0.586. The highest BCUT2D eigenvalue weighted by Crippen LogP contribution is 2.14. The molecule has 0 heterocycles. The Labute approximate surface area is 131 Å². The van der Waals surface area contributed by atoms with Crippen LogP contribution in [0.15, 0.2) is 84.9 Å². The molecule has 0 aliphatic rings. The van der Waals surface area contributed by atoms with Gasteiger partial charge in [-0.1, -0.05) is 60.7 Å². The lowest BCUT2D eigenvalue weighted by molar-refractivity contribution is 0.306. The van der Waals surface area contributed by atoms with E-state index in [-0.39, 0.29) is 0 Å². The number of rotatable bonds is 6. The van der Waals surface area contributed by atoms with Gasteiger partial charge in [-0.2, -0.15) is 0 Å². The number of hydrogen-bond acceptors (Lipinski definition) is 2. The fourth-order valence-electron chi connectivity index (χ4n) is 2.20. The molecule has 3 aromatic carbocycles. The summed E-state index contributed by atoms with van der Waals surface area (Å²) in [6.45, 7) is 1.42. The molecule has 0 aliphatic carbocycles. The van der Waals surface area contributed by atoms with Gasteiger partial charge >= 0.3 is 0 Å². The summed E-state index contributed by atoms with van der Waals surface area (Å²) in [4.78, 5) is 0. The van der Waals surface area contributed by atoms with Gasteiger partial charge in [0.15, 0.2) is 0 Å². The standard InChI is InChI=1S/C20H19NO/c1-3-7-17(8-4-1)15-21-19-13-11-18(12-14-19)16-22-20-9-5-2-6-10-20/h1-14,21H,15-16H2. The number of para-hydroxylation sites is 1. The molecule has 0 unspecified atom stereocenters. The summed E-state index contributed by atoms with van der Waals surface area (Å²) in [6, 6.07) is 28.6. The number of nitrogens with one attached hydrogen (secondary N) is 1. The monoisotopic (exact) mass is 289 g/mol. The molecule has 0 spiro atoms. The first-order chi connectivity index (χ1) is 10.9. The highest BCUT2D eigenvalue weighted by molar-refractivity contribution is 5.45. The van der Waals surface area contributed by atoms with E-state index in [1.54, 1.807) is 0 Å². The van der Waals surface area contributed by atoms with E-state index in [2.05, 4.69) is 53.8 Å². The van der Waals surface area contributed by atoms with Gasteiger partial charge in [-0.05, 0) is 35.4 Å². The minimum Gasteiger partial charge on any atom is -0.489 e. The Hall–Kier alpha value is -2.74. The van der Waals surface area contributed by atoms with Crippen LogP contribution in [-0.4, -0.2) is 0 Å². The summed E-state index contributed by atoms with van der Waals surface area (Å²) in [6.07, 6.45) is 0. The smallest absolute Gasteiger partial charge is 0.119 e. The zero-order chi connectivity index (χ0) is 15.0. The SMILES string of the molecule is c1ccc(CNc2ccc(COc3ccccc3)cc2)cc1. The topological polar surface area (TPSA) is 21.3 Å². The lowest BCUT2D eigenvalue weighted by atomic mass is 10.2. The van der Waals surface area contributed by atoms with E-state index in [9.17, 15) is 0 Å². The lowest BCUT2D eigenvalue weighted by Gasteiger charge is -2.09. The van der Waals surface area contributed by atoms with E-state index in [1.807, 2.05) is 36.4 Å². The van der Waals surface area contributed by atoms with Gasteiger partial charge in [-0.25, -0.2) is 0 Å². The molecular formula is C20H19NO. The molecule has 0 saturated heterocycles. The molecule has 22 heavy (non-hydrogen) atoms. The summed E-state index contributed by atoms with van der Waals surface area (Å²) in [5.41, 5.74) is 3.56. The number of hydrogen-bond donors (Lipinski definition) is 1. The molecule has 0 radical (unpaired) electrons. The fraction of sp³-hybridized carbons (Fsp3) is 0.100. The van der Waals surface area contributed by atoms with Gasteiger partial charge in [0.05, 0.1) is 0 Å². The van der Waals surface area contributed by atoms with Gasteiger partial charge in [0.25, 0.3) is 0 Å². The van der Waals surface area contributed by atoms with Gasteiger partial charge in [0.1, 0.15) is 12.4 Å². The second kappa shape index (κ2) is 7.32. The molecule has 3 aromatic rings. The van der Waals surface area contributed by atoms with Gasteiger partial charge in [-0.15, -0.1) is 0 Å². The number of benzene rings is 3. The van der Waals surface area contributed by atoms with E-state index < -0.39 is 0 Å². The van der Waals surface area contributed by atoms with Crippen molar-refractivity contribution in [3.63, 3.8) is 0 Å². The van der Waals surface area contributed by atoms with Crippen LogP contribution in [0.3, 0.4) is 0 Å². The van der Waals surface area contributed by atoms with Crippen molar-refractivity contribution < 1.29 is 4.74 Å². The highest BCUT2D eigenvalue weighted by Gasteiger charge is 1.97. The van der Waals surface area contributed by atoms with Crippen LogP contribution in [0.25, 0.3) is 0 Å². The van der Waals surface area contributed by atoms with Crippen molar-refractivity contribution in [3.8, 4) is 5.75 Å². The van der Waals surface area contributed by atoms with Gasteiger partial charge in [0.2, 0.25) is 0 Å². The average molecular weight is 289 g/mol. The summed E-state index contributed by atoms with van der Waals surface area (Å²) in [5, 5.41) is 3.42. The third-order valence-electron chi connectivity index (χ3n) is 3.44. The molecule has 2 heteroatoms. The molecule has 0 aliphatic heterocycles. The van der Waals surface area contributed by atoms with Crippen molar-refractivity contribution in [1.82, 2.24) is 0 Å². The summed E-state index contributed by atoms with van der Waals surface area (Å²) in [5.74, 6) is 0.897. The predicted molar refractivity (Wildman–Crippen MR) is 91.0 cm³/mol. The van der Waals surface area contributed by atoms with Gasteiger partial charge in [0, 0.05) is 12.2 Å². The van der Waals surface area contributed by atoms with Crippen molar-refractivity contribution >= 4 is 5.69 Å². The summed E-state index contributed by atoms with van der Waals surface area (Å²) < 4.78 is 5.74. The second-order valence-electron chi connectivity index (χ2n) is 5.14. The fourth-order valence-corrected chi connectivity index (χ4v) is 2.20. The maximum atomic E-state index is 5.74. The van der Waals surface area contributed by atoms with Crippen molar-refractivity contribution in [3.05, 3.63) is 96.1 Å². The molecule has 0 saturated carbocycles. The Morgan fingerprint density at radius 2 is 1.27 bits per heavy atom. The number of anilines is 1. The quantitative estimate of drug-likeness (QED) is 0.698. The molecule has 110 valence electrons. The highest BCUT2D eigenvalue weighted by atomic mass is 16.5. The van der Waals surface area contributed by atoms with Crippen LogP contribution in [0.1, 0.15) is 11.1 Å². The maximum Gasteiger partial charge on any atom is 0.119 e. The molecule has 3 rings (SSSR count). The molecule has 0 fully saturated rings. The first kappa shape index (κ1) is 14.2. The first-order valence-electron chi connectivity index (χ1n) is 7.45. The van der Waals surface area contributed by atoms with E-state index in [1.165, 1.54) is 5.56 Å². The largest absolute Gasteiger partial charge is 0.489 e. The van der Waals surface area contributed by atoms with Crippen LogP contribution in [0.4, 0.5) is 5.69 Å². The molecule has 0 amide bonds. The van der Waals surface area contributed by atoms with Crippen molar-refractivity contribution in [2.75, 3.05) is 5.32 Å². The summed E-state index contributed by atoms with van der Waals surface area (Å²) in [7, 11) is 0. The van der Waals surface area contributed by atoms with Gasteiger partial charge in [-0.3, -0.25) is 0 Å². The predicted octanol–water partition coefficient (Wildman–Crippen LogP) is 4.88. The zero-order valence-corrected chi connectivity index (χ0v) is 12.4.